The van der Waals surface area contributed by atoms with E-state index in [1.54, 1.807) is 24.3 Å². The number of benzene rings is 1. The van der Waals surface area contributed by atoms with Gasteiger partial charge in [-0.25, -0.2) is 9.48 Å². The van der Waals surface area contributed by atoms with Crippen LogP contribution in [-0.4, -0.2) is 31.9 Å². The number of rotatable bonds is 4. The van der Waals surface area contributed by atoms with Crippen LogP contribution in [0.2, 0.25) is 5.02 Å². The van der Waals surface area contributed by atoms with Gasteiger partial charge in [0.15, 0.2) is 11.5 Å². The van der Waals surface area contributed by atoms with E-state index in [1.807, 2.05) is 0 Å². The van der Waals surface area contributed by atoms with E-state index in [4.69, 9.17) is 16.7 Å². The Hall–Kier alpha value is -2.21. The van der Waals surface area contributed by atoms with Gasteiger partial charge < -0.3 is 5.11 Å². The zero-order chi connectivity index (χ0) is 13.1. The van der Waals surface area contributed by atoms with Gasteiger partial charge in [0.1, 0.15) is 6.54 Å². The Labute approximate surface area is 107 Å². The molecule has 0 aliphatic carbocycles. The molecule has 0 radical (unpaired) electrons. The lowest BCUT2D eigenvalue weighted by Crippen LogP contribution is -2.11. The quantitative estimate of drug-likeness (QED) is 0.847. The highest BCUT2D eigenvalue weighted by molar-refractivity contribution is 6.31. The summed E-state index contributed by atoms with van der Waals surface area (Å²) in [5.41, 5.74) is 0.240. The van der Waals surface area contributed by atoms with Gasteiger partial charge in [-0.15, -0.1) is 5.10 Å². The molecule has 7 heteroatoms. The summed E-state index contributed by atoms with van der Waals surface area (Å²) in [6.45, 7) is -0.0827. The number of hydrogen-bond donors (Lipinski definition) is 1. The van der Waals surface area contributed by atoms with Crippen molar-refractivity contribution >= 4 is 23.4 Å². The minimum atomic E-state index is -1.18. The predicted octanol–water partition coefficient (Wildman–Crippen LogP) is 1.51. The van der Waals surface area contributed by atoms with Crippen molar-refractivity contribution in [2.75, 3.05) is 0 Å². The van der Waals surface area contributed by atoms with Crippen molar-refractivity contribution in [2.24, 2.45) is 0 Å². The molecule has 0 aliphatic heterocycles. The van der Waals surface area contributed by atoms with Gasteiger partial charge in [-0.1, -0.05) is 28.9 Å². The molecular formula is C11H8ClN3O3. The maximum Gasteiger partial charge on any atom is 0.358 e. The van der Waals surface area contributed by atoms with E-state index in [0.717, 1.165) is 0 Å². The van der Waals surface area contributed by atoms with Crippen molar-refractivity contribution in [3.8, 4) is 0 Å². The Morgan fingerprint density at radius 3 is 2.78 bits per heavy atom. The number of carboxylic acids is 1. The second-order valence-electron chi connectivity index (χ2n) is 3.54. The van der Waals surface area contributed by atoms with Crippen molar-refractivity contribution in [2.45, 2.75) is 6.54 Å². The molecule has 0 atom stereocenters. The number of carbonyl (C=O) groups is 2. The summed E-state index contributed by atoms with van der Waals surface area (Å²) in [6.07, 6.45) is 1.20. The van der Waals surface area contributed by atoms with Crippen LogP contribution in [0.5, 0.6) is 0 Å². The minimum absolute atomic E-state index is 0.0827. The Morgan fingerprint density at radius 2 is 2.17 bits per heavy atom. The molecule has 0 fully saturated rings. The molecule has 0 unspecified atom stereocenters. The molecule has 0 saturated carbocycles. The van der Waals surface area contributed by atoms with E-state index < -0.39 is 5.97 Å². The summed E-state index contributed by atoms with van der Waals surface area (Å²) < 4.78 is 1.17. The predicted molar refractivity (Wildman–Crippen MR) is 62.8 cm³/mol. The Morgan fingerprint density at radius 1 is 1.39 bits per heavy atom. The fourth-order valence-electron chi connectivity index (χ4n) is 1.37. The van der Waals surface area contributed by atoms with E-state index in [1.165, 1.54) is 10.9 Å². The summed E-state index contributed by atoms with van der Waals surface area (Å²) in [7, 11) is 0. The third-order valence-electron chi connectivity index (χ3n) is 2.21. The zero-order valence-corrected chi connectivity index (χ0v) is 9.83. The lowest BCUT2D eigenvalue weighted by molar-refractivity contribution is 0.0690. The monoisotopic (exact) mass is 265 g/mol. The number of ketones is 1. The van der Waals surface area contributed by atoms with Crippen molar-refractivity contribution in [3.05, 3.63) is 46.7 Å². The number of Topliss-reactive ketones (excluding diaryl/α,β-unsaturated/α-hetero) is 1. The van der Waals surface area contributed by atoms with E-state index >= 15 is 0 Å². The van der Waals surface area contributed by atoms with Crippen molar-refractivity contribution in [1.82, 2.24) is 15.0 Å². The molecule has 0 saturated heterocycles. The smallest absolute Gasteiger partial charge is 0.358 e. The van der Waals surface area contributed by atoms with Crippen LogP contribution in [0.1, 0.15) is 20.8 Å². The van der Waals surface area contributed by atoms with E-state index in [0.29, 0.717) is 10.6 Å². The average Bonchev–Trinajstić information content (AvgIpc) is 2.77. The van der Waals surface area contributed by atoms with Crippen molar-refractivity contribution in [1.29, 1.82) is 0 Å². The van der Waals surface area contributed by atoms with Crippen LogP contribution in [0.3, 0.4) is 0 Å². The van der Waals surface area contributed by atoms with E-state index in [9.17, 15) is 9.59 Å². The molecule has 0 aliphatic rings. The van der Waals surface area contributed by atoms with Crippen molar-refractivity contribution in [3.63, 3.8) is 0 Å². The van der Waals surface area contributed by atoms with E-state index in [2.05, 4.69) is 10.3 Å². The molecule has 92 valence electrons. The van der Waals surface area contributed by atoms with Crippen LogP contribution in [0.25, 0.3) is 0 Å². The summed E-state index contributed by atoms with van der Waals surface area (Å²) in [4.78, 5) is 22.4. The summed E-state index contributed by atoms with van der Waals surface area (Å²) in [5.74, 6) is -1.41. The van der Waals surface area contributed by atoms with E-state index in [-0.39, 0.29) is 18.0 Å². The molecule has 2 aromatic rings. The molecular weight excluding hydrogens is 258 g/mol. The maximum atomic E-state index is 11.9. The summed E-state index contributed by atoms with van der Waals surface area (Å²) >= 11 is 5.77. The number of halogens is 1. The summed E-state index contributed by atoms with van der Waals surface area (Å²) in [6, 6.07) is 6.50. The van der Waals surface area contributed by atoms with Gasteiger partial charge in [-0.3, -0.25) is 4.79 Å². The Kier molecular flexibility index (Phi) is 3.38. The number of nitrogens with zero attached hydrogens (tertiary/aromatic N) is 3. The van der Waals surface area contributed by atoms with Gasteiger partial charge in [0.05, 0.1) is 6.20 Å². The Balaban J connectivity index is 2.13. The maximum absolute atomic E-state index is 11.9. The van der Waals surface area contributed by atoms with Crippen LogP contribution in [0.15, 0.2) is 30.5 Å². The highest BCUT2D eigenvalue weighted by Crippen LogP contribution is 2.11. The first-order valence-electron chi connectivity index (χ1n) is 4.98. The average molecular weight is 266 g/mol. The molecule has 0 amide bonds. The lowest BCUT2D eigenvalue weighted by Gasteiger charge is -2.00. The van der Waals surface area contributed by atoms with Crippen molar-refractivity contribution < 1.29 is 14.7 Å². The fraction of sp³-hybridized carbons (Fsp3) is 0.0909. The standard InChI is InChI=1S/C11H8ClN3O3/c12-8-3-1-2-7(4-8)10(16)6-15-5-9(11(17)18)13-14-15/h1-5H,6H2,(H,17,18). The van der Waals surface area contributed by atoms with Gasteiger partial charge in [-0.2, -0.15) is 0 Å². The third kappa shape index (κ3) is 2.72. The molecule has 1 aromatic heterocycles. The second-order valence-corrected chi connectivity index (χ2v) is 3.98. The third-order valence-corrected chi connectivity index (χ3v) is 2.45. The number of aromatic carboxylic acids is 1. The highest BCUT2D eigenvalue weighted by Gasteiger charge is 2.12. The molecule has 0 bridgehead atoms. The lowest BCUT2D eigenvalue weighted by atomic mass is 10.1. The molecule has 1 heterocycles. The van der Waals surface area contributed by atoms with Crippen LogP contribution in [-0.2, 0) is 6.54 Å². The second kappa shape index (κ2) is 4.97. The summed E-state index contributed by atoms with van der Waals surface area (Å²) in [5, 5.41) is 16.1. The first-order valence-corrected chi connectivity index (χ1v) is 5.36. The van der Waals surface area contributed by atoms with Crippen LogP contribution in [0.4, 0.5) is 0 Å². The first kappa shape index (κ1) is 12.3. The van der Waals surface area contributed by atoms with Crippen LogP contribution in [0, 0.1) is 0 Å². The molecule has 6 nitrogen and oxygen atoms in total. The van der Waals surface area contributed by atoms with Gasteiger partial charge in [0.25, 0.3) is 0 Å². The number of carbonyl (C=O) groups excluding carboxylic acids is 1. The minimum Gasteiger partial charge on any atom is -0.476 e. The Bertz CT molecular complexity index is 609. The van der Waals surface area contributed by atoms with Gasteiger partial charge >= 0.3 is 5.97 Å². The van der Waals surface area contributed by atoms with Gasteiger partial charge in [0, 0.05) is 10.6 Å². The van der Waals surface area contributed by atoms with Crippen LogP contribution < -0.4 is 0 Å². The highest BCUT2D eigenvalue weighted by atomic mass is 35.5. The molecule has 18 heavy (non-hydrogen) atoms. The molecule has 2 rings (SSSR count). The zero-order valence-electron chi connectivity index (χ0n) is 9.08. The van der Waals surface area contributed by atoms with Gasteiger partial charge in [-0.05, 0) is 12.1 Å². The topological polar surface area (TPSA) is 85.1 Å². The fourth-order valence-corrected chi connectivity index (χ4v) is 1.56. The molecule has 0 spiro atoms. The first-order chi connectivity index (χ1) is 8.56. The number of hydrogen-bond acceptors (Lipinski definition) is 4. The SMILES string of the molecule is O=C(Cn1cc(C(=O)O)nn1)c1cccc(Cl)c1. The largest absolute Gasteiger partial charge is 0.476 e. The molecule has 1 N–H and O–H groups in total. The normalized spacial score (nSPS) is 10.3. The number of aromatic nitrogens is 3. The van der Waals surface area contributed by atoms with Gasteiger partial charge in [0.2, 0.25) is 0 Å². The number of carboxylic acid groups (broad SMARTS) is 1. The molecule has 1 aromatic carbocycles. The van der Waals surface area contributed by atoms with Crippen LogP contribution >= 0.6 is 11.6 Å².